The molecule has 0 fully saturated rings. The molecular weight excluding hydrogens is 332 g/mol. The van der Waals surface area contributed by atoms with Crippen LogP contribution in [0.5, 0.6) is 0 Å². The number of carbonyl (C=O) groups excluding carboxylic acids is 1. The maximum atomic E-state index is 13.6. The fourth-order valence-corrected chi connectivity index (χ4v) is 2.68. The lowest BCUT2D eigenvalue weighted by molar-refractivity contribution is -0.141. The number of alkyl halides is 3. The van der Waals surface area contributed by atoms with Crippen LogP contribution in [-0.4, -0.2) is 10.9 Å². The number of halogens is 5. The number of amides is 1. The van der Waals surface area contributed by atoms with Crippen molar-refractivity contribution in [2.45, 2.75) is 13.1 Å². The molecule has 0 saturated heterocycles. The number of aromatic nitrogens is 1. The van der Waals surface area contributed by atoms with Crippen molar-refractivity contribution in [1.82, 2.24) is 4.98 Å². The monoisotopic (exact) mass is 338 g/mol. The van der Waals surface area contributed by atoms with Gasteiger partial charge in [-0.05, 0) is 34.5 Å². The van der Waals surface area contributed by atoms with Gasteiger partial charge in [0.05, 0.1) is 11.1 Å². The third-order valence-electron chi connectivity index (χ3n) is 2.76. The number of nitrogens with two attached hydrogens (primary N) is 1. The van der Waals surface area contributed by atoms with Gasteiger partial charge in [-0.15, -0.1) is 0 Å². The fraction of sp³-hybridized carbons (Fsp3) is 0.182. The van der Waals surface area contributed by atoms with Gasteiger partial charge < -0.3 is 10.7 Å². The number of aromatic amines is 1. The fourth-order valence-electron chi connectivity index (χ4n) is 1.98. The molecule has 0 aliphatic carbocycles. The Hall–Kier alpha value is -1.57. The molecule has 2 rings (SSSR count). The molecule has 1 aromatic heterocycles. The van der Waals surface area contributed by atoms with E-state index in [0.717, 1.165) is 6.07 Å². The Morgan fingerprint density at radius 1 is 1.42 bits per heavy atom. The Morgan fingerprint density at radius 3 is 2.47 bits per heavy atom. The van der Waals surface area contributed by atoms with Gasteiger partial charge in [-0.2, -0.15) is 13.2 Å². The number of aryl methyl sites for hydroxylation is 1. The van der Waals surface area contributed by atoms with Crippen molar-refractivity contribution < 1.29 is 22.4 Å². The topological polar surface area (TPSA) is 58.9 Å². The first kappa shape index (κ1) is 13.9. The molecule has 0 aliphatic rings. The third kappa shape index (κ3) is 2.09. The summed E-state index contributed by atoms with van der Waals surface area (Å²) in [5, 5.41) is 0.0857. The minimum absolute atomic E-state index is 0.0857. The van der Waals surface area contributed by atoms with Crippen LogP contribution in [0.3, 0.4) is 0 Å². The summed E-state index contributed by atoms with van der Waals surface area (Å²) in [5.74, 6) is -2.12. The van der Waals surface area contributed by atoms with E-state index in [9.17, 15) is 22.4 Å². The van der Waals surface area contributed by atoms with Crippen LogP contribution in [-0.2, 0) is 6.18 Å². The summed E-state index contributed by atoms with van der Waals surface area (Å²) < 4.78 is 52.1. The van der Waals surface area contributed by atoms with Gasteiger partial charge in [0.15, 0.2) is 0 Å². The van der Waals surface area contributed by atoms with Gasteiger partial charge in [0, 0.05) is 9.86 Å². The number of rotatable bonds is 1. The Balaban J connectivity index is 2.97. The van der Waals surface area contributed by atoms with Gasteiger partial charge in [-0.3, -0.25) is 4.79 Å². The third-order valence-corrected chi connectivity index (χ3v) is 3.39. The molecule has 0 bridgehead atoms. The van der Waals surface area contributed by atoms with E-state index in [1.807, 2.05) is 4.98 Å². The first-order valence-corrected chi connectivity index (χ1v) is 5.81. The lowest BCUT2D eigenvalue weighted by Crippen LogP contribution is -2.14. The number of primary amides is 1. The number of carbonyl (C=O) groups is 1. The standard InChI is InChI=1S/C11H7BrF4N2O/c1-3-6-4(12)2-5(13)7(10(17)19)8(6)18-9(3)11(14,15)16/h2,18H,1H3,(H2,17,19). The molecule has 0 saturated carbocycles. The molecule has 19 heavy (non-hydrogen) atoms. The minimum Gasteiger partial charge on any atom is -0.365 e. The molecule has 0 atom stereocenters. The van der Waals surface area contributed by atoms with Crippen molar-refractivity contribution in [1.29, 1.82) is 0 Å². The van der Waals surface area contributed by atoms with E-state index in [4.69, 9.17) is 5.73 Å². The zero-order valence-electron chi connectivity index (χ0n) is 9.45. The normalized spacial score (nSPS) is 12.1. The minimum atomic E-state index is -4.63. The van der Waals surface area contributed by atoms with Gasteiger partial charge in [0.25, 0.3) is 5.91 Å². The van der Waals surface area contributed by atoms with Crippen LogP contribution in [0.25, 0.3) is 10.9 Å². The van der Waals surface area contributed by atoms with Gasteiger partial charge in [0.1, 0.15) is 11.5 Å². The van der Waals surface area contributed by atoms with Crippen LogP contribution in [0.15, 0.2) is 10.5 Å². The van der Waals surface area contributed by atoms with Crippen LogP contribution in [0.4, 0.5) is 17.6 Å². The quantitative estimate of drug-likeness (QED) is 0.768. The molecule has 3 N–H and O–H groups in total. The number of hydrogen-bond donors (Lipinski definition) is 2. The second-order valence-corrected chi connectivity index (χ2v) is 4.81. The van der Waals surface area contributed by atoms with Crippen LogP contribution >= 0.6 is 15.9 Å². The van der Waals surface area contributed by atoms with Crippen molar-refractivity contribution in [3.05, 3.63) is 33.2 Å². The zero-order valence-corrected chi connectivity index (χ0v) is 11.0. The Bertz CT molecular complexity index is 690. The molecule has 2 aromatic rings. The van der Waals surface area contributed by atoms with Crippen molar-refractivity contribution in [3.63, 3.8) is 0 Å². The molecule has 0 aliphatic heterocycles. The van der Waals surface area contributed by atoms with Gasteiger partial charge in [0.2, 0.25) is 0 Å². The highest BCUT2D eigenvalue weighted by Crippen LogP contribution is 2.39. The first-order valence-electron chi connectivity index (χ1n) is 5.02. The average Bonchev–Trinajstić information content (AvgIpc) is 2.55. The smallest absolute Gasteiger partial charge is 0.365 e. The number of H-pyrrole nitrogens is 1. The summed E-state index contributed by atoms with van der Waals surface area (Å²) >= 11 is 2.98. The van der Waals surface area contributed by atoms with E-state index in [0.29, 0.717) is 0 Å². The van der Waals surface area contributed by atoms with E-state index >= 15 is 0 Å². The second-order valence-electron chi connectivity index (χ2n) is 3.95. The molecule has 8 heteroatoms. The predicted octanol–water partition coefficient (Wildman–Crippen LogP) is 3.50. The van der Waals surface area contributed by atoms with Gasteiger partial charge in [-0.25, -0.2) is 4.39 Å². The number of hydrogen-bond acceptors (Lipinski definition) is 1. The second kappa shape index (κ2) is 4.22. The molecule has 1 aromatic carbocycles. The largest absolute Gasteiger partial charge is 0.431 e. The molecule has 3 nitrogen and oxygen atoms in total. The Morgan fingerprint density at radius 2 is 2.00 bits per heavy atom. The van der Waals surface area contributed by atoms with E-state index in [2.05, 4.69) is 15.9 Å². The number of benzene rings is 1. The van der Waals surface area contributed by atoms with Gasteiger partial charge in [-0.1, -0.05) is 0 Å². The number of nitrogens with one attached hydrogen (secondary N) is 1. The Labute approximate surface area is 112 Å². The molecule has 0 spiro atoms. The predicted molar refractivity (Wildman–Crippen MR) is 64.2 cm³/mol. The van der Waals surface area contributed by atoms with Crippen LogP contribution < -0.4 is 5.73 Å². The summed E-state index contributed by atoms with van der Waals surface area (Å²) in [6, 6.07) is 0.920. The average molecular weight is 339 g/mol. The first-order chi connectivity index (χ1) is 8.64. The maximum Gasteiger partial charge on any atom is 0.431 e. The zero-order chi connectivity index (χ0) is 14.5. The van der Waals surface area contributed by atoms with Crippen molar-refractivity contribution in [3.8, 4) is 0 Å². The van der Waals surface area contributed by atoms with Crippen molar-refractivity contribution >= 4 is 32.7 Å². The van der Waals surface area contributed by atoms with Crippen LogP contribution in [0.2, 0.25) is 0 Å². The summed E-state index contributed by atoms with van der Waals surface area (Å²) in [5.41, 5.74) is 3.00. The molecule has 0 unspecified atom stereocenters. The molecule has 0 radical (unpaired) electrons. The molecule has 1 heterocycles. The van der Waals surface area contributed by atoms with Gasteiger partial charge >= 0.3 is 6.18 Å². The SMILES string of the molecule is Cc1c(C(F)(F)F)[nH]c2c(C(N)=O)c(F)cc(Br)c12. The summed E-state index contributed by atoms with van der Waals surface area (Å²) in [6.07, 6.45) is -4.63. The molecule has 102 valence electrons. The van der Waals surface area contributed by atoms with Crippen LogP contribution in [0.1, 0.15) is 21.6 Å². The lowest BCUT2D eigenvalue weighted by Gasteiger charge is -2.04. The lowest BCUT2D eigenvalue weighted by atomic mass is 10.1. The van der Waals surface area contributed by atoms with Crippen molar-refractivity contribution in [2.24, 2.45) is 5.73 Å². The number of fused-ring (bicyclic) bond motifs is 1. The highest BCUT2D eigenvalue weighted by molar-refractivity contribution is 9.10. The highest BCUT2D eigenvalue weighted by Gasteiger charge is 2.36. The maximum absolute atomic E-state index is 13.6. The summed E-state index contributed by atoms with van der Waals surface area (Å²) in [4.78, 5) is 13.2. The van der Waals surface area contributed by atoms with Crippen LogP contribution in [0, 0.1) is 12.7 Å². The summed E-state index contributed by atoms with van der Waals surface area (Å²) in [6.45, 7) is 1.23. The molecular formula is C11H7BrF4N2O. The summed E-state index contributed by atoms with van der Waals surface area (Å²) in [7, 11) is 0. The van der Waals surface area contributed by atoms with E-state index < -0.39 is 29.2 Å². The van der Waals surface area contributed by atoms with E-state index in [1.165, 1.54) is 6.92 Å². The Kier molecular flexibility index (Phi) is 3.08. The van der Waals surface area contributed by atoms with Crippen molar-refractivity contribution in [2.75, 3.05) is 0 Å². The van der Waals surface area contributed by atoms with E-state index in [1.54, 1.807) is 0 Å². The highest BCUT2D eigenvalue weighted by atomic mass is 79.9. The molecule has 1 amide bonds. The van der Waals surface area contributed by atoms with E-state index in [-0.39, 0.29) is 20.9 Å².